The molecule has 26 heavy (non-hydrogen) atoms. The number of alkyl halides is 3. The molecule has 2 rings (SSSR count). The Morgan fingerprint density at radius 3 is 2.35 bits per heavy atom. The number of nitrogens with one attached hydrogen (secondary N) is 1. The van der Waals surface area contributed by atoms with E-state index in [0.29, 0.717) is 18.1 Å². The van der Waals surface area contributed by atoms with Gasteiger partial charge >= 0.3 is 6.18 Å². The van der Waals surface area contributed by atoms with E-state index >= 15 is 0 Å². The molecule has 0 amide bonds. The third kappa shape index (κ3) is 6.79. The molecule has 0 aliphatic heterocycles. The molecular weight excluding hydrogens is 367 g/mol. The van der Waals surface area contributed by atoms with Gasteiger partial charge in [0, 0.05) is 12.0 Å². The predicted octanol–water partition coefficient (Wildman–Crippen LogP) is 4.23. The topological polar surface area (TPSA) is 55.4 Å². The molecular formula is C18H26F3NO3S. The number of rotatable bonds is 7. The molecule has 1 aliphatic rings. The van der Waals surface area contributed by atoms with Crippen LogP contribution in [-0.2, 0) is 10.0 Å². The van der Waals surface area contributed by atoms with Gasteiger partial charge in [-0.1, -0.05) is 38.8 Å². The van der Waals surface area contributed by atoms with Gasteiger partial charge in [-0.3, -0.25) is 0 Å². The van der Waals surface area contributed by atoms with E-state index in [1.165, 1.54) is 5.56 Å². The third-order valence-electron chi connectivity index (χ3n) is 4.60. The molecule has 0 radical (unpaired) electrons. The van der Waals surface area contributed by atoms with Crippen LogP contribution in [0.15, 0.2) is 24.3 Å². The zero-order valence-electron chi connectivity index (χ0n) is 15.1. The molecule has 0 saturated heterocycles. The summed E-state index contributed by atoms with van der Waals surface area (Å²) in [5.74, 6) is -0.899. The van der Waals surface area contributed by atoms with E-state index in [2.05, 4.69) is 18.6 Å². The summed E-state index contributed by atoms with van der Waals surface area (Å²) >= 11 is 0. The number of halogens is 3. The van der Waals surface area contributed by atoms with Crippen LogP contribution in [0.25, 0.3) is 0 Å². The van der Waals surface area contributed by atoms with Crippen molar-refractivity contribution in [3.05, 3.63) is 29.8 Å². The average molecular weight is 393 g/mol. The van der Waals surface area contributed by atoms with Gasteiger partial charge in [0.05, 0.1) is 6.61 Å². The van der Waals surface area contributed by atoms with Crippen LogP contribution in [0, 0.1) is 5.92 Å². The summed E-state index contributed by atoms with van der Waals surface area (Å²) in [6.45, 7) is 4.46. The SMILES string of the molecule is CC(C)c1ccc(OCC2CCCCC2NS(=O)(=O)CC(F)(F)F)cc1. The second kappa shape index (κ2) is 8.61. The maximum Gasteiger partial charge on any atom is 0.404 e. The minimum Gasteiger partial charge on any atom is -0.493 e. The molecule has 0 heterocycles. The van der Waals surface area contributed by atoms with E-state index in [1.54, 1.807) is 0 Å². The lowest BCUT2D eigenvalue weighted by Gasteiger charge is -2.32. The number of sulfonamides is 1. The number of benzene rings is 1. The minimum atomic E-state index is -4.75. The summed E-state index contributed by atoms with van der Waals surface area (Å²) in [6, 6.07) is 7.16. The van der Waals surface area contributed by atoms with Gasteiger partial charge in [-0.2, -0.15) is 13.2 Å². The first-order valence-electron chi connectivity index (χ1n) is 8.85. The summed E-state index contributed by atoms with van der Waals surface area (Å²) in [5.41, 5.74) is 1.19. The fraction of sp³-hybridized carbons (Fsp3) is 0.667. The zero-order valence-corrected chi connectivity index (χ0v) is 15.9. The highest BCUT2D eigenvalue weighted by Crippen LogP contribution is 2.27. The summed E-state index contributed by atoms with van der Waals surface area (Å²) in [7, 11) is -4.40. The van der Waals surface area contributed by atoms with Crippen LogP contribution in [-0.4, -0.2) is 33.0 Å². The van der Waals surface area contributed by atoms with E-state index in [1.807, 2.05) is 24.3 Å². The second-order valence-electron chi connectivity index (χ2n) is 7.18. The monoisotopic (exact) mass is 393 g/mol. The summed E-state index contributed by atoms with van der Waals surface area (Å²) in [4.78, 5) is 0. The van der Waals surface area contributed by atoms with Gasteiger partial charge in [0.25, 0.3) is 0 Å². The highest BCUT2D eigenvalue weighted by atomic mass is 32.2. The molecule has 0 aromatic heterocycles. The molecule has 0 spiro atoms. The smallest absolute Gasteiger partial charge is 0.404 e. The van der Waals surface area contributed by atoms with E-state index in [4.69, 9.17) is 4.74 Å². The first-order valence-corrected chi connectivity index (χ1v) is 10.5. The molecule has 1 N–H and O–H groups in total. The highest BCUT2D eigenvalue weighted by Gasteiger charge is 2.37. The van der Waals surface area contributed by atoms with Crippen molar-refractivity contribution in [2.24, 2.45) is 5.92 Å². The Kier molecular flexibility index (Phi) is 6.96. The van der Waals surface area contributed by atoms with Crippen LogP contribution in [0.5, 0.6) is 5.75 Å². The molecule has 1 aliphatic carbocycles. The summed E-state index contributed by atoms with van der Waals surface area (Å²) in [5, 5.41) is 0. The number of hydrogen-bond donors (Lipinski definition) is 1. The zero-order chi connectivity index (χ0) is 19.4. The highest BCUT2D eigenvalue weighted by molar-refractivity contribution is 7.89. The van der Waals surface area contributed by atoms with Crippen LogP contribution >= 0.6 is 0 Å². The molecule has 4 nitrogen and oxygen atoms in total. The molecule has 2 atom stereocenters. The van der Waals surface area contributed by atoms with Crippen LogP contribution < -0.4 is 9.46 Å². The van der Waals surface area contributed by atoms with Crippen molar-refractivity contribution in [1.29, 1.82) is 0 Å². The van der Waals surface area contributed by atoms with Crippen molar-refractivity contribution in [2.45, 2.75) is 57.7 Å². The van der Waals surface area contributed by atoms with Crippen LogP contribution in [0.1, 0.15) is 51.0 Å². The third-order valence-corrected chi connectivity index (χ3v) is 5.97. The Morgan fingerprint density at radius 2 is 1.77 bits per heavy atom. The molecule has 1 fully saturated rings. The van der Waals surface area contributed by atoms with Crippen LogP contribution in [0.4, 0.5) is 13.2 Å². The van der Waals surface area contributed by atoms with Gasteiger partial charge in [-0.05, 0) is 36.5 Å². The minimum absolute atomic E-state index is 0.142. The second-order valence-corrected chi connectivity index (χ2v) is 8.93. The number of hydrogen-bond acceptors (Lipinski definition) is 3. The molecule has 1 saturated carbocycles. The fourth-order valence-electron chi connectivity index (χ4n) is 3.20. The Labute approximate surface area is 153 Å². The van der Waals surface area contributed by atoms with Crippen LogP contribution in [0.3, 0.4) is 0 Å². The van der Waals surface area contributed by atoms with Crippen molar-refractivity contribution in [3.63, 3.8) is 0 Å². The fourth-order valence-corrected chi connectivity index (χ4v) is 4.49. The molecule has 8 heteroatoms. The van der Waals surface area contributed by atoms with Gasteiger partial charge in [0.1, 0.15) is 5.75 Å². The van der Waals surface area contributed by atoms with Crippen molar-refractivity contribution in [3.8, 4) is 5.75 Å². The first-order chi connectivity index (χ1) is 12.1. The molecule has 148 valence electrons. The quantitative estimate of drug-likeness (QED) is 0.754. The van der Waals surface area contributed by atoms with Crippen molar-refractivity contribution in [1.82, 2.24) is 4.72 Å². The van der Waals surface area contributed by atoms with Crippen LogP contribution in [0.2, 0.25) is 0 Å². The largest absolute Gasteiger partial charge is 0.493 e. The standard InChI is InChI=1S/C18H26F3NO3S/c1-13(2)14-7-9-16(10-8-14)25-11-15-5-3-4-6-17(15)22-26(23,24)12-18(19,20)21/h7-10,13,15,17,22H,3-6,11-12H2,1-2H3. The van der Waals surface area contributed by atoms with Crippen molar-refractivity contribution >= 4 is 10.0 Å². The van der Waals surface area contributed by atoms with Crippen molar-refractivity contribution < 1.29 is 26.3 Å². The van der Waals surface area contributed by atoms with E-state index in [0.717, 1.165) is 19.3 Å². The molecule has 1 aromatic carbocycles. The van der Waals surface area contributed by atoms with E-state index in [9.17, 15) is 21.6 Å². The normalized spacial score (nSPS) is 21.8. The molecule has 0 bridgehead atoms. The Balaban J connectivity index is 1.95. The Morgan fingerprint density at radius 1 is 1.15 bits per heavy atom. The van der Waals surface area contributed by atoms with Gasteiger partial charge in [0.15, 0.2) is 5.75 Å². The lowest BCUT2D eigenvalue weighted by atomic mass is 9.86. The van der Waals surface area contributed by atoms with Gasteiger partial charge < -0.3 is 4.74 Å². The van der Waals surface area contributed by atoms with Gasteiger partial charge in [0.2, 0.25) is 10.0 Å². The summed E-state index contributed by atoms with van der Waals surface area (Å²) in [6.07, 6.45) is -1.79. The maximum atomic E-state index is 12.4. The Hall–Kier alpha value is -1.28. The predicted molar refractivity (Wildman–Crippen MR) is 94.7 cm³/mol. The van der Waals surface area contributed by atoms with E-state index < -0.39 is 28.0 Å². The van der Waals surface area contributed by atoms with Gasteiger partial charge in [-0.15, -0.1) is 0 Å². The lowest BCUT2D eigenvalue weighted by molar-refractivity contribution is -0.106. The first kappa shape index (κ1) is 21.0. The van der Waals surface area contributed by atoms with Gasteiger partial charge in [-0.25, -0.2) is 13.1 Å². The van der Waals surface area contributed by atoms with Crippen molar-refractivity contribution in [2.75, 3.05) is 12.4 Å². The average Bonchev–Trinajstić information content (AvgIpc) is 2.51. The molecule has 2 unspecified atom stereocenters. The molecule has 1 aromatic rings. The number of ether oxygens (including phenoxy) is 1. The lowest BCUT2D eigenvalue weighted by Crippen LogP contribution is -2.46. The maximum absolute atomic E-state index is 12.4. The van der Waals surface area contributed by atoms with E-state index in [-0.39, 0.29) is 12.5 Å². The summed E-state index contributed by atoms with van der Waals surface area (Å²) < 4.78 is 68.8. The Bertz CT molecular complexity index is 672.